The molecular formula is C38H21N3O2. The molecule has 0 aliphatic rings. The number of rotatable bonds is 2. The van der Waals surface area contributed by atoms with Gasteiger partial charge in [-0.25, -0.2) is 9.97 Å². The van der Waals surface area contributed by atoms with Crippen molar-refractivity contribution >= 4 is 76.6 Å². The number of hydrogen-bond donors (Lipinski definition) is 0. The Morgan fingerprint density at radius 2 is 1.07 bits per heavy atom. The molecule has 4 aromatic heterocycles. The number of hydrogen-bond acceptors (Lipinski definition) is 4. The van der Waals surface area contributed by atoms with Crippen molar-refractivity contribution < 1.29 is 8.83 Å². The highest BCUT2D eigenvalue weighted by molar-refractivity contribution is 6.21. The van der Waals surface area contributed by atoms with Gasteiger partial charge in [-0.3, -0.25) is 4.57 Å². The average Bonchev–Trinajstić information content (AvgIpc) is 3.72. The molecule has 4 heterocycles. The minimum atomic E-state index is 0.573. The smallest absolute Gasteiger partial charge is 0.236 e. The van der Waals surface area contributed by atoms with Crippen molar-refractivity contribution in [2.24, 2.45) is 0 Å². The van der Waals surface area contributed by atoms with E-state index >= 15 is 0 Å². The molecule has 200 valence electrons. The molecule has 0 saturated heterocycles. The highest BCUT2D eigenvalue weighted by Crippen LogP contribution is 2.43. The van der Waals surface area contributed by atoms with Crippen LogP contribution in [0, 0.1) is 0 Å². The van der Waals surface area contributed by atoms with E-state index in [9.17, 15) is 0 Å². The van der Waals surface area contributed by atoms with Gasteiger partial charge in [-0.15, -0.1) is 0 Å². The molecule has 0 aliphatic carbocycles. The van der Waals surface area contributed by atoms with E-state index in [4.69, 9.17) is 18.8 Å². The fourth-order valence-electron chi connectivity index (χ4n) is 6.66. The van der Waals surface area contributed by atoms with Crippen LogP contribution in [-0.4, -0.2) is 14.5 Å². The summed E-state index contributed by atoms with van der Waals surface area (Å²) >= 11 is 0. The van der Waals surface area contributed by atoms with Crippen LogP contribution in [0.15, 0.2) is 136 Å². The van der Waals surface area contributed by atoms with Gasteiger partial charge in [0, 0.05) is 21.7 Å². The largest absolute Gasteiger partial charge is 0.450 e. The summed E-state index contributed by atoms with van der Waals surface area (Å²) in [7, 11) is 0. The molecular weight excluding hydrogens is 530 g/mol. The maximum atomic E-state index is 6.44. The van der Waals surface area contributed by atoms with E-state index in [1.165, 1.54) is 10.8 Å². The number of furan rings is 2. The zero-order chi connectivity index (χ0) is 28.1. The Kier molecular flexibility index (Phi) is 4.39. The normalized spacial score (nSPS) is 12.2. The first-order chi connectivity index (χ1) is 21.3. The maximum Gasteiger partial charge on any atom is 0.236 e. The second-order valence-electron chi connectivity index (χ2n) is 11.0. The SMILES string of the molecule is c1ccc2cc(-c3nc(-n4c5c6ccccc6oc5c5oc6ccccc6c54)nc4ccc5ccccc5c34)ccc2c1. The van der Waals surface area contributed by atoms with E-state index in [-0.39, 0.29) is 0 Å². The van der Waals surface area contributed by atoms with Crippen molar-refractivity contribution in [2.45, 2.75) is 0 Å². The Morgan fingerprint density at radius 3 is 1.79 bits per heavy atom. The molecule has 43 heavy (non-hydrogen) atoms. The zero-order valence-electron chi connectivity index (χ0n) is 22.8. The second-order valence-corrected chi connectivity index (χ2v) is 11.0. The van der Waals surface area contributed by atoms with Gasteiger partial charge in [0.1, 0.15) is 22.2 Å². The number of fused-ring (bicyclic) bond motifs is 11. The lowest BCUT2D eigenvalue weighted by molar-refractivity contribution is 0.634. The molecule has 0 aliphatic heterocycles. The van der Waals surface area contributed by atoms with Crippen LogP contribution in [0.2, 0.25) is 0 Å². The Morgan fingerprint density at radius 1 is 0.488 bits per heavy atom. The molecule has 0 N–H and O–H groups in total. The Hall–Kier alpha value is -5.94. The summed E-state index contributed by atoms with van der Waals surface area (Å²) in [4.78, 5) is 10.7. The number of aromatic nitrogens is 3. The lowest BCUT2D eigenvalue weighted by Gasteiger charge is -2.13. The Balaban J connectivity index is 1.40. The van der Waals surface area contributed by atoms with Crippen LogP contribution in [0.5, 0.6) is 0 Å². The summed E-state index contributed by atoms with van der Waals surface area (Å²) in [5, 5.41) is 7.65. The molecule has 10 aromatic rings. The molecule has 0 amide bonds. The van der Waals surface area contributed by atoms with Gasteiger partial charge < -0.3 is 8.83 Å². The third kappa shape index (κ3) is 3.11. The minimum absolute atomic E-state index is 0.573. The van der Waals surface area contributed by atoms with E-state index in [0.717, 1.165) is 65.9 Å². The van der Waals surface area contributed by atoms with Gasteiger partial charge in [0.15, 0.2) is 11.2 Å². The van der Waals surface area contributed by atoms with Gasteiger partial charge in [-0.1, -0.05) is 91.0 Å². The van der Waals surface area contributed by atoms with Gasteiger partial charge in [-0.2, -0.15) is 0 Å². The van der Waals surface area contributed by atoms with Crippen LogP contribution >= 0.6 is 0 Å². The molecule has 0 unspecified atom stereocenters. The summed E-state index contributed by atoms with van der Waals surface area (Å²) in [5.41, 5.74) is 7.59. The zero-order valence-corrected chi connectivity index (χ0v) is 22.8. The molecule has 5 nitrogen and oxygen atoms in total. The standard InChI is InChI=1S/C38H21N3O2/c1-2-11-24-21-25(18-17-22(24)9-1)33-32-26-12-4-3-10-23(26)19-20-29(32)39-38(40-33)41-34-27-13-5-7-15-30(27)42-36(34)37-35(41)28-14-6-8-16-31(28)43-37/h1-21H. The summed E-state index contributed by atoms with van der Waals surface area (Å²) in [6, 6.07) is 43.8. The van der Waals surface area contributed by atoms with E-state index in [1.807, 2.05) is 36.4 Å². The topological polar surface area (TPSA) is 57.0 Å². The molecule has 0 spiro atoms. The summed E-state index contributed by atoms with van der Waals surface area (Å²) in [5.74, 6) is 0.573. The van der Waals surface area contributed by atoms with Crippen LogP contribution in [0.1, 0.15) is 0 Å². The Bertz CT molecular complexity index is 2660. The van der Waals surface area contributed by atoms with E-state index in [1.54, 1.807) is 0 Å². The summed E-state index contributed by atoms with van der Waals surface area (Å²) in [6.45, 7) is 0. The highest BCUT2D eigenvalue weighted by atomic mass is 16.4. The van der Waals surface area contributed by atoms with Crippen molar-refractivity contribution in [3.63, 3.8) is 0 Å². The van der Waals surface area contributed by atoms with Crippen molar-refractivity contribution in [2.75, 3.05) is 0 Å². The fourth-order valence-corrected chi connectivity index (χ4v) is 6.66. The molecule has 6 aromatic carbocycles. The van der Waals surface area contributed by atoms with Crippen molar-refractivity contribution in [3.8, 4) is 17.2 Å². The second kappa shape index (κ2) is 8.30. The molecule has 5 heteroatoms. The lowest BCUT2D eigenvalue weighted by atomic mass is 9.98. The number of nitrogens with zero attached hydrogens (tertiary/aromatic N) is 3. The van der Waals surface area contributed by atoms with Gasteiger partial charge in [-0.05, 0) is 57.9 Å². The molecule has 0 saturated carbocycles. The summed E-state index contributed by atoms with van der Waals surface area (Å²) in [6.07, 6.45) is 0. The maximum absolute atomic E-state index is 6.44. The molecule has 0 radical (unpaired) electrons. The van der Waals surface area contributed by atoms with Gasteiger partial charge in [0.05, 0.1) is 11.2 Å². The molecule has 0 fully saturated rings. The van der Waals surface area contributed by atoms with Gasteiger partial charge in [0.2, 0.25) is 5.95 Å². The fraction of sp³-hybridized carbons (Fsp3) is 0. The van der Waals surface area contributed by atoms with Gasteiger partial charge >= 0.3 is 0 Å². The van der Waals surface area contributed by atoms with Gasteiger partial charge in [0.25, 0.3) is 0 Å². The lowest BCUT2D eigenvalue weighted by Crippen LogP contribution is -2.03. The third-order valence-corrected chi connectivity index (χ3v) is 8.59. The first kappa shape index (κ1) is 22.7. The third-order valence-electron chi connectivity index (χ3n) is 8.59. The van der Waals surface area contributed by atoms with Crippen molar-refractivity contribution in [3.05, 3.63) is 127 Å². The van der Waals surface area contributed by atoms with Crippen molar-refractivity contribution in [1.29, 1.82) is 0 Å². The first-order valence-corrected chi connectivity index (χ1v) is 14.3. The van der Waals surface area contributed by atoms with Crippen LogP contribution in [0.3, 0.4) is 0 Å². The van der Waals surface area contributed by atoms with Crippen LogP contribution in [0.4, 0.5) is 0 Å². The average molecular weight is 552 g/mol. The van der Waals surface area contributed by atoms with Crippen molar-refractivity contribution in [1.82, 2.24) is 14.5 Å². The molecule has 10 rings (SSSR count). The van der Waals surface area contributed by atoms with E-state index < -0.39 is 0 Å². The van der Waals surface area contributed by atoms with E-state index in [2.05, 4.69) is 95.6 Å². The quantitative estimate of drug-likeness (QED) is 0.201. The van der Waals surface area contributed by atoms with E-state index in [0.29, 0.717) is 17.1 Å². The van der Waals surface area contributed by atoms with Crippen LogP contribution in [-0.2, 0) is 0 Å². The predicted octanol–water partition coefficient (Wildman–Crippen LogP) is 10.2. The predicted molar refractivity (Wildman–Crippen MR) is 174 cm³/mol. The van der Waals surface area contributed by atoms with Crippen LogP contribution in [0.25, 0.3) is 93.8 Å². The molecule has 0 bridgehead atoms. The summed E-state index contributed by atoms with van der Waals surface area (Å²) < 4.78 is 15.0. The minimum Gasteiger partial charge on any atom is -0.450 e. The monoisotopic (exact) mass is 551 g/mol. The Labute approximate surface area is 244 Å². The number of benzene rings is 6. The first-order valence-electron chi connectivity index (χ1n) is 14.3. The van der Waals surface area contributed by atoms with Crippen LogP contribution < -0.4 is 0 Å². The highest BCUT2D eigenvalue weighted by Gasteiger charge is 2.26. The number of para-hydroxylation sites is 2. The molecule has 0 atom stereocenters.